The molecule has 23 heavy (non-hydrogen) atoms. The van der Waals surface area contributed by atoms with Crippen molar-refractivity contribution in [1.29, 1.82) is 0 Å². The second-order valence-corrected chi connectivity index (χ2v) is 5.93. The van der Waals surface area contributed by atoms with Gasteiger partial charge in [-0.25, -0.2) is 14.0 Å². The third-order valence-corrected chi connectivity index (χ3v) is 2.73. The maximum atomic E-state index is 13.3. The quantitative estimate of drug-likeness (QED) is 0.812. The Kier molecular flexibility index (Phi) is 6.36. The van der Waals surface area contributed by atoms with Crippen LogP contribution in [0.15, 0.2) is 18.2 Å². The molecule has 0 heterocycles. The van der Waals surface area contributed by atoms with Crippen LogP contribution in [0.3, 0.4) is 0 Å². The summed E-state index contributed by atoms with van der Waals surface area (Å²) in [5, 5.41) is 12.1. The fourth-order valence-corrected chi connectivity index (χ4v) is 1.82. The summed E-state index contributed by atoms with van der Waals surface area (Å²) in [6, 6.07) is 2.27. The van der Waals surface area contributed by atoms with Gasteiger partial charge in [-0.2, -0.15) is 0 Å². The zero-order valence-electron chi connectivity index (χ0n) is 13.7. The molecule has 1 aromatic rings. The normalized spacial score (nSPS) is 12.4. The topological polar surface area (TPSA) is 84.9 Å². The van der Waals surface area contributed by atoms with E-state index in [9.17, 15) is 19.1 Å². The maximum absolute atomic E-state index is 13.3. The zero-order valence-corrected chi connectivity index (χ0v) is 13.7. The molecule has 0 saturated heterocycles. The highest BCUT2D eigenvalue weighted by molar-refractivity contribution is 5.81. The lowest BCUT2D eigenvalue weighted by molar-refractivity contribution is -0.145. The fraction of sp³-hybridized carbons (Fsp3) is 0.500. The number of phenolic OH excluding ortho intramolecular Hbond substituents is 1. The highest BCUT2D eigenvalue weighted by atomic mass is 19.1. The van der Waals surface area contributed by atoms with Gasteiger partial charge < -0.3 is 19.9 Å². The summed E-state index contributed by atoms with van der Waals surface area (Å²) >= 11 is 0. The predicted molar refractivity (Wildman–Crippen MR) is 81.6 cm³/mol. The van der Waals surface area contributed by atoms with Crippen LogP contribution in [0.2, 0.25) is 0 Å². The largest absolute Gasteiger partial charge is 0.508 e. The Bertz CT molecular complexity index is 568. The Labute approximate surface area is 134 Å². The fourth-order valence-electron chi connectivity index (χ4n) is 1.82. The number of amides is 1. The van der Waals surface area contributed by atoms with Gasteiger partial charge in [-0.3, -0.25) is 0 Å². The minimum atomic E-state index is -1.10. The molecule has 1 aromatic carbocycles. The van der Waals surface area contributed by atoms with Crippen molar-refractivity contribution in [1.82, 2.24) is 5.32 Å². The third-order valence-electron chi connectivity index (χ3n) is 2.73. The molecule has 1 rings (SSSR count). The molecule has 6 nitrogen and oxygen atoms in total. The van der Waals surface area contributed by atoms with E-state index in [2.05, 4.69) is 5.32 Å². The number of hydrogen-bond acceptors (Lipinski definition) is 5. The lowest BCUT2D eigenvalue weighted by Crippen LogP contribution is -2.45. The van der Waals surface area contributed by atoms with Crippen molar-refractivity contribution in [2.24, 2.45) is 0 Å². The molecule has 1 atom stereocenters. The number of esters is 1. The summed E-state index contributed by atoms with van der Waals surface area (Å²) in [6.07, 6.45) is -0.923. The van der Waals surface area contributed by atoms with Crippen LogP contribution in [0.4, 0.5) is 9.18 Å². The Hall–Kier alpha value is -2.31. The number of carbonyl (C=O) groups is 2. The number of halogens is 1. The van der Waals surface area contributed by atoms with Gasteiger partial charge in [0, 0.05) is 6.42 Å². The van der Waals surface area contributed by atoms with Crippen LogP contribution < -0.4 is 5.32 Å². The number of hydrogen-bond donors (Lipinski definition) is 2. The van der Waals surface area contributed by atoms with Crippen molar-refractivity contribution in [3.05, 3.63) is 29.6 Å². The van der Waals surface area contributed by atoms with Gasteiger partial charge >= 0.3 is 12.1 Å². The van der Waals surface area contributed by atoms with E-state index in [0.29, 0.717) is 0 Å². The van der Waals surface area contributed by atoms with Crippen molar-refractivity contribution in [3.8, 4) is 5.75 Å². The second-order valence-electron chi connectivity index (χ2n) is 5.93. The predicted octanol–water partition coefficient (Wildman–Crippen LogP) is 2.53. The van der Waals surface area contributed by atoms with E-state index in [0.717, 1.165) is 12.1 Å². The number of ether oxygens (including phenoxy) is 2. The second kappa shape index (κ2) is 7.80. The highest BCUT2D eigenvalue weighted by Crippen LogP contribution is 2.20. The number of rotatable bonds is 5. The molecular weight excluding hydrogens is 305 g/mol. The molecule has 0 aliphatic heterocycles. The number of alkyl carbamates (subject to hydrolysis) is 1. The van der Waals surface area contributed by atoms with Crippen molar-refractivity contribution in [2.75, 3.05) is 6.61 Å². The number of benzene rings is 1. The van der Waals surface area contributed by atoms with E-state index < -0.39 is 29.5 Å². The van der Waals surface area contributed by atoms with Crippen molar-refractivity contribution in [3.63, 3.8) is 0 Å². The van der Waals surface area contributed by atoms with Gasteiger partial charge in [0.15, 0.2) is 0 Å². The van der Waals surface area contributed by atoms with Crippen LogP contribution in [-0.2, 0) is 20.7 Å². The van der Waals surface area contributed by atoms with Crippen molar-refractivity contribution in [2.45, 2.75) is 45.8 Å². The summed E-state index contributed by atoms with van der Waals surface area (Å²) in [4.78, 5) is 23.8. The molecule has 0 aliphatic rings. The van der Waals surface area contributed by atoms with Gasteiger partial charge in [-0.15, -0.1) is 0 Å². The molecule has 0 spiro atoms. The van der Waals surface area contributed by atoms with Crippen molar-refractivity contribution >= 4 is 12.1 Å². The first-order chi connectivity index (χ1) is 10.6. The molecule has 0 radical (unpaired) electrons. The number of carbonyl (C=O) groups excluding carboxylic acids is 2. The molecule has 1 unspecified atom stereocenters. The molecule has 128 valence electrons. The lowest BCUT2D eigenvalue weighted by Gasteiger charge is -2.23. The highest BCUT2D eigenvalue weighted by Gasteiger charge is 2.26. The molecule has 0 aliphatic carbocycles. The smallest absolute Gasteiger partial charge is 0.408 e. The molecule has 0 aromatic heterocycles. The van der Waals surface area contributed by atoms with Gasteiger partial charge in [-0.1, -0.05) is 0 Å². The van der Waals surface area contributed by atoms with Crippen molar-refractivity contribution < 1.29 is 28.6 Å². The minimum Gasteiger partial charge on any atom is -0.508 e. The molecule has 7 heteroatoms. The van der Waals surface area contributed by atoms with Crippen LogP contribution in [0, 0.1) is 5.82 Å². The standard InChI is InChI=1S/C16H22FNO5/c1-5-22-14(20)12(18-15(21)23-16(2,3)4)9-10-8-11(17)6-7-13(10)19/h6-8,12,19H,5,9H2,1-4H3,(H,18,21). The van der Waals surface area contributed by atoms with Gasteiger partial charge in [0.05, 0.1) is 6.61 Å². The Balaban J connectivity index is 2.90. The summed E-state index contributed by atoms with van der Waals surface area (Å²) in [7, 11) is 0. The Morgan fingerprint density at radius 1 is 1.35 bits per heavy atom. The first-order valence-electron chi connectivity index (χ1n) is 7.26. The molecule has 2 N–H and O–H groups in total. The van der Waals surface area contributed by atoms with E-state index in [-0.39, 0.29) is 24.3 Å². The summed E-state index contributed by atoms with van der Waals surface area (Å²) < 4.78 is 23.3. The monoisotopic (exact) mass is 327 g/mol. The molecule has 0 bridgehead atoms. The van der Waals surface area contributed by atoms with E-state index in [1.165, 1.54) is 6.07 Å². The number of aromatic hydroxyl groups is 1. The average Bonchev–Trinajstić information content (AvgIpc) is 2.40. The summed E-state index contributed by atoms with van der Waals surface area (Å²) in [6.45, 7) is 6.81. The van der Waals surface area contributed by atoms with Gasteiger partial charge in [-0.05, 0) is 51.5 Å². The molecular formula is C16H22FNO5. The summed E-state index contributed by atoms with van der Waals surface area (Å²) in [5.74, 6) is -1.42. The van der Waals surface area contributed by atoms with Gasteiger partial charge in [0.25, 0.3) is 0 Å². The van der Waals surface area contributed by atoms with E-state index >= 15 is 0 Å². The summed E-state index contributed by atoms with van der Waals surface area (Å²) in [5.41, 5.74) is -0.552. The van der Waals surface area contributed by atoms with Crippen LogP contribution in [0.25, 0.3) is 0 Å². The lowest BCUT2D eigenvalue weighted by atomic mass is 10.0. The molecule has 0 saturated carbocycles. The van der Waals surface area contributed by atoms with Gasteiger partial charge in [0.1, 0.15) is 23.2 Å². The average molecular weight is 327 g/mol. The zero-order chi connectivity index (χ0) is 17.6. The SMILES string of the molecule is CCOC(=O)C(Cc1cc(F)ccc1O)NC(=O)OC(C)(C)C. The van der Waals surface area contributed by atoms with Crippen LogP contribution in [0.1, 0.15) is 33.3 Å². The molecule has 1 amide bonds. The van der Waals surface area contributed by atoms with Crippen LogP contribution in [-0.4, -0.2) is 35.4 Å². The van der Waals surface area contributed by atoms with Crippen LogP contribution in [0.5, 0.6) is 5.75 Å². The Morgan fingerprint density at radius 3 is 2.57 bits per heavy atom. The molecule has 0 fully saturated rings. The minimum absolute atomic E-state index is 0.123. The van der Waals surface area contributed by atoms with E-state index in [4.69, 9.17) is 9.47 Å². The maximum Gasteiger partial charge on any atom is 0.408 e. The van der Waals surface area contributed by atoms with Gasteiger partial charge in [0.2, 0.25) is 0 Å². The number of phenols is 1. The first kappa shape index (κ1) is 18.7. The first-order valence-corrected chi connectivity index (χ1v) is 7.26. The third kappa shape index (κ3) is 6.54. The van der Waals surface area contributed by atoms with E-state index in [1.807, 2.05) is 0 Å². The van der Waals surface area contributed by atoms with Crippen LogP contribution >= 0.6 is 0 Å². The Morgan fingerprint density at radius 2 is 2.00 bits per heavy atom. The number of nitrogens with one attached hydrogen (secondary N) is 1. The van der Waals surface area contributed by atoms with E-state index in [1.54, 1.807) is 27.7 Å².